The Bertz CT molecular complexity index is 324. The van der Waals surface area contributed by atoms with Gasteiger partial charge in [-0.2, -0.15) is 0 Å². The van der Waals surface area contributed by atoms with Crippen LogP contribution in [0.3, 0.4) is 0 Å². The molecule has 1 aromatic carbocycles. The van der Waals surface area contributed by atoms with Crippen molar-refractivity contribution in [3.05, 3.63) is 29.8 Å². The molecule has 1 rings (SSSR count). The molecule has 17 heavy (non-hydrogen) atoms. The van der Waals surface area contributed by atoms with E-state index in [-0.39, 0.29) is 6.10 Å². The number of benzene rings is 1. The van der Waals surface area contributed by atoms with Crippen molar-refractivity contribution in [2.45, 2.75) is 59.2 Å². The molecule has 2 unspecified atom stereocenters. The van der Waals surface area contributed by atoms with Gasteiger partial charge in [0.25, 0.3) is 0 Å². The highest BCUT2D eigenvalue weighted by Crippen LogP contribution is 2.20. The predicted molar refractivity (Wildman–Crippen MR) is 73.4 cm³/mol. The van der Waals surface area contributed by atoms with E-state index in [1.807, 2.05) is 6.07 Å². The third-order valence-corrected chi connectivity index (χ3v) is 3.13. The molecule has 0 aliphatic carbocycles. The van der Waals surface area contributed by atoms with Crippen LogP contribution < -0.4 is 10.1 Å². The van der Waals surface area contributed by atoms with Crippen LogP contribution in [0, 0.1) is 0 Å². The highest BCUT2D eigenvalue weighted by Gasteiger charge is 2.07. The highest BCUT2D eigenvalue weighted by atomic mass is 16.5. The summed E-state index contributed by atoms with van der Waals surface area (Å²) in [7, 11) is 0. The van der Waals surface area contributed by atoms with Crippen molar-refractivity contribution < 1.29 is 4.74 Å². The fraction of sp³-hybridized carbons (Fsp3) is 0.600. The fourth-order valence-electron chi connectivity index (χ4n) is 1.49. The Morgan fingerprint density at radius 1 is 1.12 bits per heavy atom. The average Bonchev–Trinajstić information content (AvgIpc) is 2.37. The Morgan fingerprint density at radius 3 is 2.47 bits per heavy atom. The summed E-state index contributed by atoms with van der Waals surface area (Å²) in [5.41, 5.74) is 1.24. The lowest BCUT2D eigenvalue weighted by molar-refractivity contribution is 0.214. The lowest BCUT2D eigenvalue weighted by Gasteiger charge is -2.17. The van der Waals surface area contributed by atoms with Crippen LogP contribution in [-0.4, -0.2) is 12.1 Å². The first-order valence-electron chi connectivity index (χ1n) is 6.65. The maximum Gasteiger partial charge on any atom is 0.124 e. The highest BCUT2D eigenvalue weighted by molar-refractivity contribution is 5.33. The quantitative estimate of drug-likeness (QED) is 0.777. The van der Waals surface area contributed by atoms with E-state index in [1.165, 1.54) is 5.56 Å². The summed E-state index contributed by atoms with van der Waals surface area (Å²) in [6, 6.07) is 8.83. The average molecular weight is 235 g/mol. The minimum absolute atomic E-state index is 0.278. The molecular weight excluding hydrogens is 210 g/mol. The lowest BCUT2D eigenvalue weighted by Crippen LogP contribution is -2.25. The summed E-state index contributed by atoms with van der Waals surface area (Å²) in [6.45, 7) is 9.53. The first kappa shape index (κ1) is 14.0. The molecule has 2 heteroatoms. The van der Waals surface area contributed by atoms with Crippen molar-refractivity contribution in [1.82, 2.24) is 5.32 Å². The monoisotopic (exact) mass is 235 g/mol. The van der Waals surface area contributed by atoms with Crippen molar-refractivity contribution >= 4 is 0 Å². The first-order chi connectivity index (χ1) is 8.17. The SMILES string of the molecule is CCC(C)NCc1ccccc1OC(C)CC. The van der Waals surface area contributed by atoms with E-state index < -0.39 is 0 Å². The van der Waals surface area contributed by atoms with Gasteiger partial charge in [-0.1, -0.05) is 32.0 Å². The Balaban J connectivity index is 2.64. The van der Waals surface area contributed by atoms with Gasteiger partial charge in [0.1, 0.15) is 5.75 Å². The van der Waals surface area contributed by atoms with Gasteiger partial charge in [-0.25, -0.2) is 0 Å². The molecule has 1 aromatic rings. The van der Waals surface area contributed by atoms with Crippen molar-refractivity contribution in [1.29, 1.82) is 0 Å². The van der Waals surface area contributed by atoms with Crippen molar-refractivity contribution in [2.75, 3.05) is 0 Å². The van der Waals surface area contributed by atoms with Gasteiger partial charge in [-0.3, -0.25) is 0 Å². The third kappa shape index (κ3) is 4.78. The van der Waals surface area contributed by atoms with Gasteiger partial charge in [0, 0.05) is 18.2 Å². The zero-order valence-corrected chi connectivity index (χ0v) is 11.5. The number of rotatable bonds is 7. The van der Waals surface area contributed by atoms with Gasteiger partial charge < -0.3 is 10.1 Å². The Kier molecular flexibility index (Phi) is 6.06. The molecule has 0 saturated heterocycles. The van der Waals surface area contributed by atoms with Crippen LogP contribution in [0.4, 0.5) is 0 Å². The largest absolute Gasteiger partial charge is 0.490 e. The summed E-state index contributed by atoms with van der Waals surface area (Å²) >= 11 is 0. The zero-order valence-electron chi connectivity index (χ0n) is 11.5. The molecule has 0 bridgehead atoms. The molecule has 0 fully saturated rings. The normalized spacial score (nSPS) is 14.4. The Hall–Kier alpha value is -1.02. The Morgan fingerprint density at radius 2 is 1.82 bits per heavy atom. The fourth-order valence-corrected chi connectivity index (χ4v) is 1.49. The number of nitrogens with one attached hydrogen (secondary N) is 1. The van der Waals surface area contributed by atoms with Crippen LogP contribution in [0.25, 0.3) is 0 Å². The second-order valence-corrected chi connectivity index (χ2v) is 4.63. The second kappa shape index (κ2) is 7.33. The van der Waals surface area contributed by atoms with Crippen LogP contribution >= 0.6 is 0 Å². The van der Waals surface area contributed by atoms with Crippen molar-refractivity contribution in [2.24, 2.45) is 0 Å². The molecule has 0 amide bonds. The molecule has 0 aromatic heterocycles. The van der Waals surface area contributed by atoms with Crippen LogP contribution in [0.5, 0.6) is 5.75 Å². The maximum atomic E-state index is 5.92. The third-order valence-electron chi connectivity index (χ3n) is 3.13. The van der Waals surface area contributed by atoms with Gasteiger partial charge in [0.2, 0.25) is 0 Å². The molecule has 0 heterocycles. The lowest BCUT2D eigenvalue weighted by atomic mass is 10.1. The summed E-state index contributed by atoms with van der Waals surface area (Å²) in [6.07, 6.45) is 2.46. The van der Waals surface area contributed by atoms with E-state index in [9.17, 15) is 0 Å². The number of para-hydroxylation sites is 1. The first-order valence-corrected chi connectivity index (χ1v) is 6.65. The predicted octanol–water partition coefficient (Wildman–Crippen LogP) is 3.75. The molecule has 0 spiro atoms. The van der Waals surface area contributed by atoms with Gasteiger partial charge in [-0.05, 0) is 32.8 Å². The zero-order chi connectivity index (χ0) is 12.7. The summed E-state index contributed by atoms with van der Waals surface area (Å²) in [5, 5.41) is 3.50. The van der Waals surface area contributed by atoms with E-state index in [1.54, 1.807) is 0 Å². The van der Waals surface area contributed by atoms with Crippen LogP contribution in [0.1, 0.15) is 46.1 Å². The Labute approximate surface area is 105 Å². The van der Waals surface area contributed by atoms with Crippen LogP contribution in [0.2, 0.25) is 0 Å². The molecule has 0 aliphatic rings. The number of hydrogen-bond acceptors (Lipinski definition) is 2. The molecule has 2 atom stereocenters. The van der Waals surface area contributed by atoms with Crippen molar-refractivity contribution in [3.63, 3.8) is 0 Å². The van der Waals surface area contributed by atoms with E-state index >= 15 is 0 Å². The summed E-state index contributed by atoms with van der Waals surface area (Å²) < 4.78 is 5.92. The van der Waals surface area contributed by atoms with Gasteiger partial charge in [-0.15, -0.1) is 0 Å². The van der Waals surface area contributed by atoms with E-state index in [0.29, 0.717) is 6.04 Å². The van der Waals surface area contributed by atoms with Crippen LogP contribution in [-0.2, 0) is 6.54 Å². The molecule has 0 radical (unpaired) electrons. The molecule has 0 saturated carbocycles. The second-order valence-electron chi connectivity index (χ2n) is 4.63. The smallest absolute Gasteiger partial charge is 0.124 e. The van der Waals surface area contributed by atoms with Crippen LogP contribution in [0.15, 0.2) is 24.3 Å². The van der Waals surface area contributed by atoms with Crippen molar-refractivity contribution in [3.8, 4) is 5.75 Å². The molecule has 96 valence electrons. The molecule has 2 nitrogen and oxygen atoms in total. The van der Waals surface area contributed by atoms with Gasteiger partial charge in [0.15, 0.2) is 0 Å². The molecule has 1 N–H and O–H groups in total. The molecule has 0 aliphatic heterocycles. The summed E-state index contributed by atoms with van der Waals surface area (Å²) in [4.78, 5) is 0. The minimum atomic E-state index is 0.278. The number of ether oxygens (including phenoxy) is 1. The molecular formula is C15H25NO. The van der Waals surface area contributed by atoms with Gasteiger partial charge in [0.05, 0.1) is 6.10 Å². The maximum absolute atomic E-state index is 5.92. The summed E-state index contributed by atoms with van der Waals surface area (Å²) in [5.74, 6) is 1.01. The standard InChI is InChI=1S/C15H25NO/c1-5-12(3)16-11-14-9-7-8-10-15(14)17-13(4)6-2/h7-10,12-13,16H,5-6,11H2,1-4H3. The topological polar surface area (TPSA) is 21.3 Å². The number of hydrogen-bond donors (Lipinski definition) is 1. The van der Waals surface area contributed by atoms with E-state index in [2.05, 4.69) is 51.2 Å². The van der Waals surface area contributed by atoms with E-state index in [4.69, 9.17) is 4.74 Å². The van der Waals surface area contributed by atoms with E-state index in [0.717, 1.165) is 25.1 Å². The van der Waals surface area contributed by atoms with Gasteiger partial charge >= 0.3 is 0 Å². The minimum Gasteiger partial charge on any atom is -0.490 e.